The van der Waals surface area contributed by atoms with E-state index in [1.165, 1.54) is 23.1 Å². The number of nitrogens with zero attached hydrogens (tertiary/aromatic N) is 3. The summed E-state index contributed by atoms with van der Waals surface area (Å²) in [5, 5.41) is 10.5. The number of likely N-dealkylation sites (tertiary alicyclic amines) is 1. The molecule has 1 saturated carbocycles. The van der Waals surface area contributed by atoms with Gasteiger partial charge in [-0.25, -0.2) is 17.9 Å². The Bertz CT molecular complexity index is 1590. The minimum Gasteiger partial charge on any atom is -0.493 e. The van der Waals surface area contributed by atoms with Crippen LogP contribution in [0.5, 0.6) is 5.88 Å². The third kappa shape index (κ3) is 5.58. The highest BCUT2D eigenvalue weighted by molar-refractivity contribution is 7.93. The van der Waals surface area contributed by atoms with Gasteiger partial charge in [0.2, 0.25) is 15.9 Å². The van der Waals surface area contributed by atoms with Crippen LogP contribution in [0.2, 0.25) is 0 Å². The second-order valence-electron chi connectivity index (χ2n) is 10.9. The highest BCUT2D eigenvalue weighted by Gasteiger charge is 2.51. The molecule has 2 fully saturated rings. The minimum atomic E-state index is -3.78. The number of rotatable bonds is 8. The molecule has 3 aromatic carbocycles. The topological polar surface area (TPSA) is 86.9 Å². The van der Waals surface area contributed by atoms with E-state index in [9.17, 15) is 13.5 Å². The number of aliphatic imine (C=N–C) groups is 1. The molecule has 2 aliphatic rings. The van der Waals surface area contributed by atoms with Crippen molar-refractivity contribution in [3.8, 4) is 5.88 Å². The van der Waals surface area contributed by atoms with E-state index < -0.39 is 15.3 Å². The number of aromatic nitrogens is 1. The van der Waals surface area contributed by atoms with Crippen molar-refractivity contribution >= 4 is 32.3 Å². The third-order valence-corrected chi connectivity index (χ3v) is 9.68. The fraction of sp³-hybridized carbons (Fsp3) is 0.323. The summed E-state index contributed by atoms with van der Waals surface area (Å²) in [5.41, 5.74) is 4.37. The van der Waals surface area contributed by atoms with Crippen LogP contribution in [-0.2, 0) is 16.6 Å². The van der Waals surface area contributed by atoms with E-state index in [-0.39, 0.29) is 11.8 Å². The first-order chi connectivity index (χ1) is 18.9. The fourth-order valence-electron chi connectivity index (χ4n) is 5.50. The van der Waals surface area contributed by atoms with Crippen molar-refractivity contribution in [3.05, 3.63) is 96.1 Å². The van der Waals surface area contributed by atoms with E-state index in [0.29, 0.717) is 11.9 Å². The van der Waals surface area contributed by atoms with Crippen LogP contribution in [-0.4, -0.2) is 47.2 Å². The third-order valence-electron chi connectivity index (χ3n) is 7.93. The molecule has 0 amide bonds. The molecule has 2 heterocycles. The SMILES string of the molecule is CC1CCN(Cc2ccc(N=C(c3ccccc3)C3CC3S(=O)(=O)Nn3c(O)cc4ccccc43)cc2)CC1. The molecule has 2 unspecified atom stereocenters. The maximum atomic E-state index is 13.4. The summed E-state index contributed by atoms with van der Waals surface area (Å²) < 4.78 is 28.0. The Hall–Kier alpha value is -3.62. The van der Waals surface area contributed by atoms with Crippen LogP contribution in [0, 0.1) is 11.8 Å². The van der Waals surface area contributed by atoms with E-state index in [1.54, 1.807) is 12.1 Å². The summed E-state index contributed by atoms with van der Waals surface area (Å²) in [6.45, 7) is 5.55. The molecule has 202 valence electrons. The molecule has 8 heteroatoms. The first kappa shape index (κ1) is 25.6. The van der Waals surface area contributed by atoms with Gasteiger partial charge in [0.15, 0.2) is 0 Å². The molecule has 0 radical (unpaired) electrons. The number of aromatic hydroxyl groups is 1. The van der Waals surface area contributed by atoms with Crippen LogP contribution in [0.25, 0.3) is 10.9 Å². The molecule has 4 aromatic rings. The molecule has 1 aliphatic heterocycles. The Balaban J connectivity index is 1.22. The molecular weight excluding hydrogens is 508 g/mol. The molecule has 6 rings (SSSR count). The molecule has 39 heavy (non-hydrogen) atoms. The maximum absolute atomic E-state index is 13.4. The summed E-state index contributed by atoms with van der Waals surface area (Å²) >= 11 is 0. The van der Waals surface area contributed by atoms with Crippen molar-refractivity contribution in [2.24, 2.45) is 16.8 Å². The number of sulfonamides is 1. The summed E-state index contributed by atoms with van der Waals surface area (Å²) in [7, 11) is -3.78. The lowest BCUT2D eigenvalue weighted by Crippen LogP contribution is -2.32. The number of nitrogens with one attached hydrogen (secondary N) is 1. The van der Waals surface area contributed by atoms with E-state index >= 15 is 0 Å². The van der Waals surface area contributed by atoms with Gasteiger partial charge in [-0.3, -0.25) is 9.89 Å². The van der Waals surface area contributed by atoms with Crippen LogP contribution in [0.4, 0.5) is 5.69 Å². The van der Waals surface area contributed by atoms with Crippen LogP contribution < -0.4 is 4.83 Å². The summed E-state index contributed by atoms with van der Waals surface area (Å²) in [5.74, 6) is 0.421. The highest BCUT2D eigenvalue weighted by atomic mass is 32.2. The molecule has 1 aromatic heterocycles. The van der Waals surface area contributed by atoms with Crippen LogP contribution >= 0.6 is 0 Å². The highest BCUT2D eigenvalue weighted by Crippen LogP contribution is 2.41. The summed E-state index contributed by atoms with van der Waals surface area (Å²) in [6, 6.07) is 26.9. The van der Waals surface area contributed by atoms with Crippen molar-refractivity contribution in [3.63, 3.8) is 0 Å². The molecule has 2 N–H and O–H groups in total. The normalized spacial score (nSPS) is 20.8. The first-order valence-corrected chi connectivity index (χ1v) is 15.2. The average molecular weight is 543 g/mol. The van der Waals surface area contributed by atoms with Gasteiger partial charge in [-0.15, -0.1) is 0 Å². The largest absolute Gasteiger partial charge is 0.493 e. The van der Waals surface area contributed by atoms with Crippen molar-refractivity contribution in [1.82, 2.24) is 9.58 Å². The van der Waals surface area contributed by atoms with Crippen molar-refractivity contribution in [1.29, 1.82) is 0 Å². The van der Waals surface area contributed by atoms with Gasteiger partial charge in [-0.05, 0) is 67.6 Å². The van der Waals surface area contributed by atoms with Gasteiger partial charge in [0.1, 0.15) is 0 Å². The minimum absolute atomic E-state index is 0.145. The summed E-state index contributed by atoms with van der Waals surface area (Å²) in [4.78, 5) is 10.1. The molecular formula is C31H34N4O3S. The molecule has 0 bridgehead atoms. The summed E-state index contributed by atoms with van der Waals surface area (Å²) in [6.07, 6.45) is 2.97. The predicted molar refractivity (Wildman–Crippen MR) is 157 cm³/mol. The van der Waals surface area contributed by atoms with Gasteiger partial charge >= 0.3 is 0 Å². The molecule has 7 nitrogen and oxygen atoms in total. The zero-order valence-corrected chi connectivity index (χ0v) is 22.9. The quantitative estimate of drug-likeness (QED) is 0.281. The number of fused-ring (bicyclic) bond motifs is 1. The van der Waals surface area contributed by atoms with Crippen molar-refractivity contribution < 1.29 is 13.5 Å². The predicted octanol–water partition coefficient (Wildman–Crippen LogP) is 5.66. The van der Waals surface area contributed by atoms with Crippen LogP contribution in [0.1, 0.15) is 37.3 Å². The molecule has 1 aliphatic carbocycles. The van der Waals surface area contributed by atoms with E-state index in [2.05, 4.69) is 28.8 Å². The lowest BCUT2D eigenvalue weighted by Gasteiger charge is -2.30. The van der Waals surface area contributed by atoms with Crippen molar-refractivity contribution in [2.75, 3.05) is 17.9 Å². The number of para-hydroxylation sites is 1. The van der Waals surface area contributed by atoms with Gasteiger partial charge in [-0.2, -0.15) is 0 Å². The second-order valence-corrected chi connectivity index (χ2v) is 12.8. The monoisotopic (exact) mass is 542 g/mol. The second kappa shape index (κ2) is 10.5. The lowest BCUT2D eigenvalue weighted by atomic mass is 9.99. The van der Waals surface area contributed by atoms with Gasteiger partial charge in [0.05, 0.1) is 22.2 Å². The average Bonchev–Trinajstić information content (AvgIpc) is 3.70. The standard InChI is InChI=1S/C31H34N4O3S/c1-22-15-17-34(18-16-22)21-23-11-13-26(14-12-23)32-31(24-7-3-2-4-8-24)27-20-29(27)39(37,38)33-35-28-10-6-5-9-25(28)19-30(35)36/h2-14,19,22,27,29,33,36H,15-18,20-21H2,1H3. The Morgan fingerprint density at radius 1 is 0.974 bits per heavy atom. The number of hydrogen-bond acceptors (Lipinski definition) is 5. The molecule has 0 spiro atoms. The van der Waals surface area contributed by atoms with E-state index in [1.807, 2.05) is 60.7 Å². The lowest BCUT2D eigenvalue weighted by molar-refractivity contribution is 0.185. The van der Waals surface area contributed by atoms with Crippen LogP contribution in [0.3, 0.4) is 0 Å². The van der Waals surface area contributed by atoms with Gasteiger partial charge in [0.25, 0.3) is 0 Å². The van der Waals surface area contributed by atoms with Gasteiger partial charge in [0, 0.05) is 23.9 Å². The van der Waals surface area contributed by atoms with Crippen LogP contribution in [0.15, 0.2) is 89.9 Å². The zero-order chi connectivity index (χ0) is 27.0. The van der Waals surface area contributed by atoms with E-state index in [4.69, 9.17) is 4.99 Å². The van der Waals surface area contributed by atoms with Crippen molar-refractivity contribution in [2.45, 2.75) is 38.0 Å². The zero-order valence-electron chi connectivity index (χ0n) is 22.1. The van der Waals surface area contributed by atoms with E-state index in [0.717, 1.165) is 47.9 Å². The Kier molecular flexibility index (Phi) is 6.91. The number of piperidine rings is 1. The Labute approximate surface area is 229 Å². The number of benzene rings is 3. The smallest absolute Gasteiger partial charge is 0.249 e. The molecule has 2 atom stereocenters. The van der Waals surface area contributed by atoms with Gasteiger partial charge < -0.3 is 5.11 Å². The van der Waals surface area contributed by atoms with Gasteiger partial charge in [-0.1, -0.05) is 67.6 Å². The maximum Gasteiger partial charge on any atom is 0.249 e. The number of hydrogen-bond donors (Lipinski definition) is 2. The molecule has 1 saturated heterocycles. The Morgan fingerprint density at radius 3 is 2.41 bits per heavy atom. The fourth-order valence-corrected chi connectivity index (χ4v) is 7.10. The Morgan fingerprint density at radius 2 is 1.67 bits per heavy atom. The first-order valence-electron chi connectivity index (χ1n) is 13.6.